The zero-order valence-electron chi connectivity index (χ0n) is 18.0. The lowest BCUT2D eigenvalue weighted by Gasteiger charge is -2.14. The largest absolute Gasteiger partial charge is 0.394 e. The van der Waals surface area contributed by atoms with Crippen LogP contribution in [-0.4, -0.2) is 49.3 Å². The summed E-state index contributed by atoms with van der Waals surface area (Å²) in [5.74, 6) is 0.233. The average Bonchev–Trinajstić information content (AvgIpc) is 2.68. The second-order valence-corrected chi connectivity index (χ2v) is 9.08. The molecule has 1 rings (SSSR count). The number of aryl methyl sites for hydroxylation is 1. The van der Waals surface area contributed by atoms with Gasteiger partial charge in [-0.15, -0.1) is 0 Å². The van der Waals surface area contributed by atoms with Crippen molar-refractivity contribution in [3.05, 3.63) is 38.2 Å². The van der Waals surface area contributed by atoms with E-state index in [-0.39, 0.29) is 17.9 Å². The minimum absolute atomic E-state index is 0.170. The number of aromatic amines is 2. The van der Waals surface area contributed by atoms with E-state index in [9.17, 15) is 23.7 Å². The van der Waals surface area contributed by atoms with Crippen molar-refractivity contribution in [3.63, 3.8) is 0 Å². The second kappa shape index (κ2) is 14.9. The number of aromatic nitrogens is 2. The molecule has 0 bridgehead atoms. The molecule has 0 saturated heterocycles. The molecule has 9 heteroatoms. The van der Waals surface area contributed by atoms with Crippen molar-refractivity contribution in [1.82, 2.24) is 15.3 Å². The second-order valence-electron chi connectivity index (χ2n) is 7.45. The zero-order valence-corrected chi connectivity index (χ0v) is 18.8. The van der Waals surface area contributed by atoms with Gasteiger partial charge in [0.1, 0.15) is 0 Å². The molecule has 0 spiro atoms. The van der Waals surface area contributed by atoms with Gasteiger partial charge >= 0.3 is 5.69 Å². The Morgan fingerprint density at radius 1 is 1.10 bits per heavy atom. The fraction of sp³-hybridized carbons (Fsp3) is 0.667. The van der Waals surface area contributed by atoms with Crippen LogP contribution in [0.5, 0.6) is 0 Å². The normalized spacial score (nSPS) is 13.4. The molecule has 2 atom stereocenters. The lowest BCUT2D eigenvalue weighted by atomic mass is 10.1. The van der Waals surface area contributed by atoms with Crippen molar-refractivity contribution in [3.8, 4) is 0 Å². The molecule has 0 unspecified atom stereocenters. The highest BCUT2D eigenvalue weighted by atomic mass is 32.2. The van der Waals surface area contributed by atoms with E-state index in [4.69, 9.17) is 0 Å². The molecular weight excluding hydrogens is 406 g/mol. The zero-order chi connectivity index (χ0) is 22.4. The van der Waals surface area contributed by atoms with E-state index < -0.39 is 34.0 Å². The van der Waals surface area contributed by atoms with Gasteiger partial charge in [-0.3, -0.25) is 18.8 Å². The van der Waals surface area contributed by atoms with Gasteiger partial charge in [-0.05, 0) is 19.4 Å². The van der Waals surface area contributed by atoms with Crippen molar-refractivity contribution in [2.75, 3.05) is 18.1 Å². The van der Waals surface area contributed by atoms with E-state index in [2.05, 4.69) is 22.2 Å². The van der Waals surface area contributed by atoms with E-state index in [1.165, 1.54) is 38.2 Å². The summed E-state index contributed by atoms with van der Waals surface area (Å²) >= 11 is 0. The summed E-state index contributed by atoms with van der Waals surface area (Å²) in [6, 6.07) is -0.619. The summed E-state index contributed by atoms with van der Waals surface area (Å²) in [5.41, 5.74) is -0.689. The van der Waals surface area contributed by atoms with Gasteiger partial charge in [-0.1, -0.05) is 51.9 Å². The lowest BCUT2D eigenvalue weighted by Crippen LogP contribution is -2.40. The van der Waals surface area contributed by atoms with Crippen LogP contribution in [0, 0.1) is 6.92 Å². The van der Waals surface area contributed by atoms with E-state index in [1.807, 2.05) is 0 Å². The Labute approximate surface area is 180 Å². The maximum atomic E-state index is 12.2. The monoisotopic (exact) mass is 441 g/mol. The Morgan fingerprint density at radius 2 is 1.73 bits per heavy atom. The molecule has 4 N–H and O–H groups in total. The molecule has 0 aliphatic carbocycles. The number of carbonyl (C=O) groups is 1. The molecule has 0 fully saturated rings. The number of carbonyl (C=O) groups excluding carboxylic acids is 1. The Bertz CT molecular complexity index is 816. The number of aliphatic hydroxyl groups excluding tert-OH is 1. The van der Waals surface area contributed by atoms with Crippen LogP contribution in [0.3, 0.4) is 0 Å². The van der Waals surface area contributed by atoms with E-state index in [0.29, 0.717) is 11.4 Å². The summed E-state index contributed by atoms with van der Waals surface area (Å²) in [6.45, 7) is 3.43. The number of aliphatic hydroxyl groups is 1. The number of rotatable bonds is 15. The summed E-state index contributed by atoms with van der Waals surface area (Å²) < 4.78 is 12.2. The average molecular weight is 442 g/mol. The molecule has 0 radical (unpaired) electrons. The summed E-state index contributed by atoms with van der Waals surface area (Å²) in [7, 11) is -1.12. The predicted octanol–water partition coefficient (Wildman–Crippen LogP) is 1.75. The van der Waals surface area contributed by atoms with Crippen LogP contribution in [-0.2, 0) is 15.6 Å². The molecule has 8 nitrogen and oxygen atoms in total. The fourth-order valence-corrected chi connectivity index (χ4v) is 4.39. The first-order valence-electron chi connectivity index (χ1n) is 10.6. The third-order valence-electron chi connectivity index (χ3n) is 4.76. The molecule has 1 aromatic heterocycles. The van der Waals surface area contributed by atoms with Gasteiger partial charge in [0.25, 0.3) is 5.56 Å². The van der Waals surface area contributed by atoms with Crippen LogP contribution in [0.4, 0.5) is 0 Å². The topological polar surface area (TPSA) is 132 Å². The summed E-state index contributed by atoms with van der Waals surface area (Å²) in [5, 5.41) is 12.1. The molecule has 1 amide bonds. The van der Waals surface area contributed by atoms with Crippen LogP contribution >= 0.6 is 0 Å². The van der Waals surface area contributed by atoms with Gasteiger partial charge in [0.2, 0.25) is 5.91 Å². The van der Waals surface area contributed by atoms with Crippen molar-refractivity contribution < 1.29 is 14.1 Å². The molecule has 0 saturated carbocycles. The molecule has 0 aliphatic rings. The molecule has 0 aromatic carbocycles. The van der Waals surface area contributed by atoms with Crippen molar-refractivity contribution in [1.29, 1.82) is 0 Å². The number of amides is 1. The smallest absolute Gasteiger partial charge is 0.325 e. The molecule has 170 valence electrons. The Morgan fingerprint density at radius 3 is 2.33 bits per heavy atom. The predicted molar refractivity (Wildman–Crippen MR) is 121 cm³/mol. The van der Waals surface area contributed by atoms with E-state index >= 15 is 0 Å². The van der Waals surface area contributed by atoms with Gasteiger partial charge < -0.3 is 15.4 Å². The molecule has 30 heavy (non-hydrogen) atoms. The number of hydrogen-bond acceptors (Lipinski definition) is 5. The maximum absolute atomic E-state index is 12.2. The van der Waals surface area contributed by atoms with E-state index in [1.54, 1.807) is 6.92 Å². The third kappa shape index (κ3) is 10.7. The number of unbranched alkanes of at least 4 members (excludes halogenated alkanes) is 7. The van der Waals surface area contributed by atoms with Crippen LogP contribution in [0.25, 0.3) is 6.08 Å². The number of hydrogen-bond donors (Lipinski definition) is 4. The third-order valence-corrected chi connectivity index (χ3v) is 6.28. The number of H-pyrrole nitrogens is 2. The first kappa shape index (κ1) is 26.0. The van der Waals surface area contributed by atoms with Crippen LogP contribution < -0.4 is 16.6 Å². The van der Waals surface area contributed by atoms with Crippen molar-refractivity contribution >= 4 is 22.8 Å². The van der Waals surface area contributed by atoms with Gasteiger partial charge in [0.15, 0.2) is 0 Å². The Kier molecular flexibility index (Phi) is 12.9. The van der Waals surface area contributed by atoms with E-state index in [0.717, 1.165) is 25.3 Å². The quantitative estimate of drug-likeness (QED) is 0.243. The standard InChI is InChI=1S/C21H35N3O5S/c1-3-4-5-6-7-8-9-10-13-30(29)15-17(14-25)23-19(26)12-11-18-16(2)22-21(28)24-20(18)27/h11-12,17,25H,3-10,13-15H2,1-2H3,(H,23,26)(H2,22,24,27,28)/b12-11+/t17-,30+/m1/s1. The molecule has 1 heterocycles. The highest BCUT2D eigenvalue weighted by Gasteiger charge is 2.14. The molecule has 1 aromatic rings. The van der Waals surface area contributed by atoms with Gasteiger partial charge in [0.05, 0.1) is 18.2 Å². The van der Waals surface area contributed by atoms with Crippen molar-refractivity contribution in [2.24, 2.45) is 0 Å². The van der Waals surface area contributed by atoms with Gasteiger partial charge in [-0.2, -0.15) is 0 Å². The maximum Gasteiger partial charge on any atom is 0.325 e. The Balaban J connectivity index is 2.37. The molecule has 0 aliphatic heterocycles. The molecular formula is C21H35N3O5S. The van der Waals surface area contributed by atoms with Gasteiger partial charge in [-0.25, -0.2) is 4.79 Å². The number of nitrogens with one attached hydrogen (secondary N) is 3. The highest BCUT2D eigenvalue weighted by molar-refractivity contribution is 7.85. The summed E-state index contributed by atoms with van der Waals surface area (Å²) in [6.07, 6.45) is 11.8. The van der Waals surface area contributed by atoms with Crippen LogP contribution in [0.1, 0.15) is 69.5 Å². The highest BCUT2D eigenvalue weighted by Crippen LogP contribution is 2.09. The van der Waals surface area contributed by atoms with Gasteiger partial charge in [0, 0.05) is 34.1 Å². The van der Waals surface area contributed by atoms with Crippen LogP contribution in [0.2, 0.25) is 0 Å². The first-order valence-corrected chi connectivity index (χ1v) is 12.1. The first-order chi connectivity index (χ1) is 14.4. The SMILES string of the molecule is CCCCCCCCCC[S@](=O)C[C@@H](CO)NC(=O)/C=C/c1c(C)[nH]c(=O)[nH]c1=O. The minimum Gasteiger partial charge on any atom is -0.394 e. The Hall–Kier alpha value is -2.00. The minimum atomic E-state index is -1.12. The lowest BCUT2D eigenvalue weighted by molar-refractivity contribution is -0.117. The van der Waals surface area contributed by atoms with Crippen molar-refractivity contribution in [2.45, 2.75) is 71.3 Å². The van der Waals surface area contributed by atoms with Crippen LogP contribution in [0.15, 0.2) is 15.7 Å². The summed E-state index contributed by atoms with van der Waals surface area (Å²) in [4.78, 5) is 39.6. The fourth-order valence-electron chi connectivity index (χ4n) is 3.06.